The fraction of sp³-hybridized carbons (Fsp3) is 0.714. The molecule has 1 aromatic rings. The number of quaternary nitrogens is 1. The zero-order chi connectivity index (χ0) is 16.7. The monoisotopic (exact) mass is 316 g/mol. The van der Waals surface area contributed by atoms with Crippen molar-refractivity contribution in [3.05, 3.63) is 35.9 Å². The van der Waals surface area contributed by atoms with Crippen molar-refractivity contribution in [1.29, 1.82) is 0 Å². The van der Waals surface area contributed by atoms with Crippen LogP contribution >= 0.6 is 0 Å². The summed E-state index contributed by atoms with van der Waals surface area (Å²) >= 11 is 0. The average Bonchev–Trinajstić information content (AvgIpc) is 2.81. The summed E-state index contributed by atoms with van der Waals surface area (Å²) in [5, 5.41) is 0. The molecule has 0 amide bonds. The van der Waals surface area contributed by atoms with Crippen LogP contribution in [-0.4, -0.2) is 37.8 Å². The molecule has 0 unspecified atom stereocenters. The summed E-state index contributed by atoms with van der Waals surface area (Å²) in [6.45, 7) is 10.4. The third-order valence-electron chi connectivity index (χ3n) is 7.18. The molecule has 2 aliphatic carbocycles. The maximum absolute atomic E-state index is 6.43. The Balaban J connectivity index is 1.52. The molecule has 2 fully saturated rings. The van der Waals surface area contributed by atoms with Crippen LogP contribution in [0.2, 0.25) is 0 Å². The van der Waals surface area contributed by atoms with Gasteiger partial charge in [0.1, 0.15) is 13.1 Å². The lowest BCUT2D eigenvalue weighted by Gasteiger charge is -2.39. The van der Waals surface area contributed by atoms with E-state index in [4.69, 9.17) is 4.74 Å². The number of ether oxygens (including phenoxy) is 1. The topological polar surface area (TPSA) is 9.23 Å². The summed E-state index contributed by atoms with van der Waals surface area (Å²) in [5.41, 5.74) is 2.24. The summed E-state index contributed by atoms with van der Waals surface area (Å²) < 4.78 is 7.42. The second-order valence-electron chi connectivity index (χ2n) is 9.27. The van der Waals surface area contributed by atoms with Crippen LogP contribution in [0.25, 0.3) is 0 Å². The number of likely N-dealkylation sites (N-methyl/N-ethyl adjacent to an activating group) is 1. The molecule has 2 saturated carbocycles. The molecule has 0 spiro atoms. The lowest BCUT2D eigenvalue weighted by Crippen LogP contribution is -2.43. The molecule has 0 aliphatic heterocycles. The van der Waals surface area contributed by atoms with E-state index in [0.29, 0.717) is 16.9 Å². The molecule has 2 heteroatoms. The van der Waals surface area contributed by atoms with E-state index in [2.05, 4.69) is 65.2 Å². The number of rotatable bonds is 6. The van der Waals surface area contributed by atoms with E-state index >= 15 is 0 Å². The van der Waals surface area contributed by atoms with Gasteiger partial charge >= 0.3 is 0 Å². The molecule has 2 aliphatic rings. The van der Waals surface area contributed by atoms with E-state index in [1.54, 1.807) is 0 Å². The Morgan fingerprint density at radius 3 is 2.39 bits per heavy atom. The fourth-order valence-corrected chi connectivity index (χ4v) is 4.98. The smallest absolute Gasteiger partial charge is 0.104 e. The Labute approximate surface area is 142 Å². The fourth-order valence-electron chi connectivity index (χ4n) is 4.98. The second kappa shape index (κ2) is 5.89. The first kappa shape index (κ1) is 17.0. The van der Waals surface area contributed by atoms with Crippen LogP contribution < -0.4 is 0 Å². The second-order valence-corrected chi connectivity index (χ2v) is 9.27. The number of hydrogen-bond acceptors (Lipinski definition) is 1. The van der Waals surface area contributed by atoms with Gasteiger partial charge < -0.3 is 9.22 Å². The molecule has 23 heavy (non-hydrogen) atoms. The Morgan fingerprint density at radius 1 is 1.13 bits per heavy atom. The Kier molecular flexibility index (Phi) is 4.35. The SMILES string of the molecule is CC1(C)[C@@H]2CC[C@@]1(C)[C@H](OCC[N+](C)(C)Cc1ccccc1)C2. The highest BCUT2D eigenvalue weighted by Gasteiger charge is 2.61. The van der Waals surface area contributed by atoms with E-state index in [1.165, 1.54) is 24.8 Å². The normalized spacial score (nSPS) is 32.4. The highest BCUT2D eigenvalue weighted by Crippen LogP contribution is 2.66. The van der Waals surface area contributed by atoms with E-state index in [1.807, 2.05) is 0 Å². The standard InChI is InChI=1S/C21H34NO/c1-20(2)18-11-12-21(20,3)19(15-18)23-14-13-22(4,5)16-17-9-7-6-8-10-17/h6-10,18-19H,11-16H2,1-5H3/q+1/t18-,19-,21+/m1/s1. The molecule has 0 heterocycles. The van der Waals surface area contributed by atoms with Gasteiger partial charge in [0.2, 0.25) is 0 Å². The van der Waals surface area contributed by atoms with Gasteiger partial charge in [0.15, 0.2) is 0 Å². The molecule has 128 valence electrons. The number of hydrogen-bond donors (Lipinski definition) is 0. The van der Waals surface area contributed by atoms with Crippen LogP contribution in [-0.2, 0) is 11.3 Å². The van der Waals surface area contributed by atoms with Gasteiger partial charge in [-0.05, 0) is 36.0 Å². The minimum absolute atomic E-state index is 0.383. The van der Waals surface area contributed by atoms with Gasteiger partial charge in [0, 0.05) is 5.56 Å². The van der Waals surface area contributed by atoms with Gasteiger partial charge in [0.05, 0.1) is 26.8 Å². The van der Waals surface area contributed by atoms with Crippen LogP contribution in [0, 0.1) is 16.7 Å². The maximum Gasteiger partial charge on any atom is 0.104 e. The molecule has 2 bridgehead atoms. The lowest BCUT2D eigenvalue weighted by atomic mass is 9.70. The van der Waals surface area contributed by atoms with E-state index in [9.17, 15) is 0 Å². The molecule has 2 nitrogen and oxygen atoms in total. The molecule has 0 saturated heterocycles. The summed E-state index contributed by atoms with van der Waals surface area (Å²) in [5.74, 6) is 0.865. The highest BCUT2D eigenvalue weighted by atomic mass is 16.5. The van der Waals surface area contributed by atoms with Crippen LogP contribution in [0.15, 0.2) is 30.3 Å². The third kappa shape index (κ3) is 3.08. The van der Waals surface area contributed by atoms with Crippen molar-refractivity contribution in [2.45, 2.75) is 52.7 Å². The van der Waals surface area contributed by atoms with Crippen LogP contribution in [0.1, 0.15) is 45.6 Å². The number of benzene rings is 1. The highest BCUT2D eigenvalue weighted by molar-refractivity contribution is 5.13. The zero-order valence-electron chi connectivity index (χ0n) is 15.6. The molecule has 0 N–H and O–H groups in total. The summed E-state index contributed by atoms with van der Waals surface area (Å²) in [6, 6.07) is 10.8. The summed E-state index contributed by atoms with van der Waals surface area (Å²) in [7, 11) is 4.62. The molecule has 3 atom stereocenters. The lowest BCUT2D eigenvalue weighted by molar-refractivity contribution is -0.904. The van der Waals surface area contributed by atoms with Gasteiger partial charge in [-0.25, -0.2) is 0 Å². The predicted molar refractivity (Wildman–Crippen MR) is 96.1 cm³/mol. The van der Waals surface area contributed by atoms with Crippen molar-refractivity contribution >= 4 is 0 Å². The molecule has 0 aromatic heterocycles. The summed E-state index contributed by atoms with van der Waals surface area (Å²) in [6.07, 6.45) is 4.49. The first-order valence-electron chi connectivity index (χ1n) is 9.22. The Hall–Kier alpha value is -0.860. The molecule has 1 aromatic carbocycles. The van der Waals surface area contributed by atoms with Crippen LogP contribution in [0.4, 0.5) is 0 Å². The average molecular weight is 317 g/mol. The summed E-state index contributed by atoms with van der Waals surface area (Å²) in [4.78, 5) is 0. The zero-order valence-corrected chi connectivity index (χ0v) is 15.6. The minimum Gasteiger partial charge on any atom is -0.372 e. The largest absolute Gasteiger partial charge is 0.372 e. The molecule has 3 rings (SSSR count). The van der Waals surface area contributed by atoms with E-state index in [-0.39, 0.29) is 0 Å². The van der Waals surface area contributed by atoms with Crippen molar-refractivity contribution in [1.82, 2.24) is 0 Å². The van der Waals surface area contributed by atoms with E-state index in [0.717, 1.165) is 30.1 Å². The van der Waals surface area contributed by atoms with Crippen molar-refractivity contribution in [3.8, 4) is 0 Å². The van der Waals surface area contributed by atoms with Gasteiger partial charge in [-0.3, -0.25) is 0 Å². The first-order chi connectivity index (χ1) is 10.7. The molecular weight excluding hydrogens is 282 g/mol. The number of fused-ring (bicyclic) bond motifs is 2. The van der Waals surface area contributed by atoms with Crippen LogP contribution in [0.3, 0.4) is 0 Å². The van der Waals surface area contributed by atoms with Crippen LogP contribution in [0.5, 0.6) is 0 Å². The first-order valence-corrected chi connectivity index (χ1v) is 9.22. The van der Waals surface area contributed by atoms with Gasteiger partial charge in [-0.2, -0.15) is 0 Å². The van der Waals surface area contributed by atoms with E-state index < -0.39 is 0 Å². The predicted octanol–water partition coefficient (Wildman–Crippen LogP) is 4.49. The van der Waals surface area contributed by atoms with Gasteiger partial charge in [-0.1, -0.05) is 51.1 Å². The van der Waals surface area contributed by atoms with Crippen molar-refractivity contribution in [3.63, 3.8) is 0 Å². The Morgan fingerprint density at radius 2 is 1.83 bits per heavy atom. The minimum atomic E-state index is 0.383. The Bertz CT molecular complexity index is 536. The maximum atomic E-state index is 6.43. The van der Waals surface area contributed by atoms with Crippen molar-refractivity contribution in [2.24, 2.45) is 16.7 Å². The number of nitrogens with zero attached hydrogens (tertiary/aromatic N) is 1. The molecular formula is C21H34NO+. The quantitative estimate of drug-likeness (QED) is 0.702. The van der Waals surface area contributed by atoms with Crippen molar-refractivity contribution in [2.75, 3.05) is 27.2 Å². The van der Waals surface area contributed by atoms with Gasteiger partial charge in [0.25, 0.3) is 0 Å². The van der Waals surface area contributed by atoms with Crippen molar-refractivity contribution < 1.29 is 9.22 Å². The third-order valence-corrected chi connectivity index (χ3v) is 7.18. The molecule has 0 radical (unpaired) electrons. The van der Waals surface area contributed by atoms with Gasteiger partial charge in [-0.15, -0.1) is 0 Å².